The summed E-state index contributed by atoms with van der Waals surface area (Å²) in [5.74, 6) is -7.24. The minimum atomic E-state index is -5.08. The summed E-state index contributed by atoms with van der Waals surface area (Å²) in [6, 6.07) is 17.8. The number of carbonyl (C=O) groups excluding carboxylic acids is 6. The van der Waals surface area contributed by atoms with E-state index in [4.69, 9.17) is 19.8 Å². The van der Waals surface area contributed by atoms with Gasteiger partial charge < -0.3 is 61.0 Å². The predicted octanol–water partition coefficient (Wildman–Crippen LogP) is 8.51. The van der Waals surface area contributed by atoms with Crippen molar-refractivity contribution in [3.05, 3.63) is 128 Å². The highest BCUT2D eigenvalue weighted by Gasteiger charge is 2.39. The van der Waals surface area contributed by atoms with Crippen LogP contribution in [-0.2, 0) is 36.5 Å². The number of hydrogen-bond donors (Lipinski definition) is 8. The van der Waals surface area contributed by atoms with Gasteiger partial charge in [0.25, 0.3) is 35.4 Å². The Bertz CT molecular complexity index is 3140. The molecule has 0 aliphatic heterocycles. The van der Waals surface area contributed by atoms with Crippen molar-refractivity contribution < 1.29 is 74.9 Å². The molecule has 6 amide bonds. The van der Waals surface area contributed by atoms with Gasteiger partial charge >= 0.3 is 24.3 Å². The number of benzene rings is 2. The zero-order valence-electron chi connectivity index (χ0n) is 45.6. The molecule has 0 atom stereocenters. The largest absolute Gasteiger partial charge is 0.490 e. The van der Waals surface area contributed by atoms with Gasteiger partial charge in [-0.05, 0) is 152 Å². The van der Waals surface area contributed by atoms with Crippen LogP contribution in [0.15, 0.2) is 73.1 Å². The van der Waals surface area contributed by atoms with Crippen molar-refractivity contribution in [3.8, 4) is 11.1 Å². The van der Waals surface area contributed by atoms with Gasteiger partial charge in [-0.2, -0.15) is 26.3 Å². The van der Waals surface area contributed by atoms with E-state index in [0.29, 0.717) is 80.9 Å². The van der Waals surface area contributed by atoms with Crippen molar-refractivity contribution in [2.45, 2.75) is 51.9 Å². The number of carboxylic acids is 2. The van der Waals surface area contributed by atoms with Crippen LogP contribution < -0.4 is 31.9 Å². The SMILES string of the molecule is Cc1sc(NC(=O)c2ccc3c(c2)CCc2cc(C(=O)Nc4cc(C(=O)Nc5cc(C(=O)NCCCN(C)C)n(C)c5)c(C)s4)ccc2-3)cc1C(=O)Nc1cc(C(=O)NCCCN(C)C)n(C)c1.O=C(O)C(F)(F)F.O=C(O)C(F)(F)F. The molecule has 8 N–H and O–H groups in total. The van der Waals surface area contributed by atoms with Crippen molar-refractivity contribution in [2.75, 3.05) is 75.6 Å². The van der Waals surface area contributed by atoms with Crippen LogP contribution in [-0.4, -0.2) is 143 Å². The van der Waals surface area contributed by atoms with Gasteiger partial charge in [-0.1, -0.05) is 12.1 Å². The molecular weight excluding hydrogens is 1130 g/mol. The van der Waals surface area contributed by atoms with Gasteiger partial charge in [0.2, 0.25) is 0 Å². The standard InChI is InChI=1S/C50H58N10O6S2.2C2HF3O2/c1-29-39(47(63)53-35-23-41(59(7)27-35)49(65)51-17-9-19-57(3)4)25-43(67-29)55-45(61)33-13-15-37-31(21-33)11-12-32-22-34(14-16-38(32)37)46(62)56-44-26-40(30(2)68-44)48(64)54-36-24-42(60(8)28-36)50(66)52-18-10-20-58(5)6;2*3-2(4,5)1(6)7/h13-16,21-28H,9-12,17-20H2,1-8H3,(H,51,65)(H,52,66)(H,53,63)(H,54,64)(H,55,61)(H,56,62);2*(H,6,7). The molecule has 4 aromatic heterocycles. The van der Waals surface area contributed by atoms with E-state index >= 15 is 0 Å². The summed E-state index contributed by atoms with van der Waals surface area (Å²) in [5, 5.41) is 32.8. The summed E-state index contributed by atoms with van der Waals surface area (Å²) in [6.45, 7) is 6.44. The molecule has 6 aromatic rings. The van der Waals surface area contributed by atoms with E-state index in [1.54, 1.807) is 72.0 Å². The van der Waals surface area contributed by atoms with Crippen LogP contribution in [0.25, 0.3) is 11.1 Å². The number of amides is 6. The van der Waals surface area contributed by atoms with E-state index < -0.39 is 24.3 Å². The number of carboxylic acid groups (broad SMARTS) is 2. The Labute approximate surface area is 474 Å². The number of anilines is 4. The minimum Gasteiger partial charge on any atom is -0.475 e. The molecule has 0 saturated carbocycles. The molecule has 0 bridgehead atoms. The van der Waals surface area contributed by atoms with Gasteiger partial charge in [0.1, 0.15) is 11.4 Å². The normalized spacial score (nSPS) is 11.7. The fourth-order valence-corrected chi connectivity index (χ4v) is 9.90. The van der Waals surface area contributed by atoms with Crippen molar-refractivity contribution >= 4 is 91.4 Å². The maximum atomic E-state index is 13.5. The zero-order valence-corrected chi connectivity index (χ0v) is 47.3. The number of nitrogens with zero attached hydrogens (tertiary/aromatic N) is 4. The van der Waals surface area contributed by atoms with Gasteiger partial charge in [0.05, 0.1) is 32.5 Å². The van der Waals surface area contributed by atoms with Crippen LogP contribution in [0.1, 0.15) is 96.1 Å². The maximum Gasteiger partial charge on any atom is 0.490 e. The first kappa shape index (κ1) is 64.5. The molecule has 28 heteroatoms. The number of thiophene rings is 2. The second-order valence-corrected chi connectivity index (χ2v) is 21.6. The number of alkyl halides is 6. The number of hydrogen-bond acceptors (Lipinski definition) is 12. The van der Waals surface area contributed by atoms with Crippen molar-refractivity contribution in [2.24, 2.45) is 14.1 Å². The fourth-order valence-electron chi connectivity index (χ4n) is 8.07. The maximum absolute atomic E-state index is 13.5. The molecule has 0 saturated heterocycles. The Morgan fingerprint density at radius 2 is 0.866 bits per heavy atom. The van der Waals surface area contributed by atoms with Crippen molar-refractivity contribution in [1.29, 1.82) is 0 Å². The number of halogens is 6. The van der Waals surface area contributed by atoms with E-state index in [-0.39, 0.29) is 35.4 Å². The molecule has 440 valence electrons. The molecule has 20 nitrogen and oxygen atoms in total. The summed E-state index contributed by atoms with van der Waals surface area (Å²) >= 11 is 2.61. The molecule has 1 aliphatic rings. The first-order valence-corrected chi connectivity index (χ1v) is 26.5. The van der Waals surface area contributed by atoms with Crippen LogP contribution in [0.5, 0.6) is 0 Å². The van der Waals surface area contributed by atoms with E-state index in [9.17, 15) is 55.1 Å². The lowest BCUT2D eigenvalue weighted by atomic mass is 9.84. The number of aryl methyl sites for hydroxylation is 6. The molecular formula is C54H60F6N10O10S2. The topological polar surface area (TPSA) is 266 Å². The number of fused-ring (bicyclic) bond motifs is 3. The van der Waals surface area contributed by atoms with Crippen LogP contribution in [0.4, 0.5) is 47.7 Å². The second-order valence-electron chi connectivity index (χ2n) is 19.1. The summed E-state index contributed by atoms with van der Waals surface area (Å²) in [5.41, 5.74) is 7.66. The van der Waals surface area contributed by atoms with Gasteiger partial charge in [0.15, 0.2) is 0 Å². The first-order chi connectivity index (χ1) is 38.3. The van der Waals surface area contributed by atoms with E-state index in [2.05, 4.69) is 41.7 Å². The number of aromatic nitrogens is 2. The Hall–Kier alpha value is -8.34. The molecule has 0 fully saturated rings. The van der Waals surface area contributed by atoms with E-state index in [1.807, 2.05) is 66.3 Å². The third kappa shape index (κ3) is 18.1. The summed E-state index contributed by atoms with van der Waals surface area (Å²) in [4.78, 5) is 103. The monoisotopic (exact) mass is 1190 g/mol. The average molecular weight is 1190 g/mol. The molecule has 1 aliphatic carbocycles. The Morgan fingerprint density at radius 1 is 0.524 bits per heavy atom. The number of carbonyl (C=O) groups is 8. The lowest BCUT2D eigenvalue weighted by molar-refractivity contribution is -0.193. The molecule has 82 heavy (non-hydrogen) atoms. The third-order valence-corrected chi connectivity index (χ3v) is 14.0. The second kappa shape index (κ2) is 27.9. The highest BCUT2D eigenvalue weighted by Crippen LogP contribution is 2.36. The minimum absolute atomic E-state index is 0.217. The molecule has 0 unspecified atom stereocenters. The average Bonchev–Trinajstić information content (AvgIpc) is 4.27. The fraction of sp³-hybridized carbons (Fsp3) is 0.333. The van der Waals surface area contributed by atoms with E-state index in [0.717, 1.165) is 57.9 Å². The highest BCUT2D eigenvalue weighted by molar-refractivity contribution is 7.17. The highest BCUT2D eigenvalue weighted by atomic mass is 32.1. The Balaban J connectivity index is 0.000000781. The van der Waals surface area contributed by atoms with Crippen molar-refractivity contribution in [3.63, 3.8) is 0 Å². The van der Waals surface area contributed by atoms with Crippen molar-refractivity contribution in [1.82, 2.24) is 29.6 Å². The summed E-state index contributed by atoms with van der Waals surface area (Å²) in [7, 11) is 11.4. The van der Waals surface area contributed by atoms with Crippen LogP contribution in [0.2, 0.25) is 0 Å². The quantitative estimate of drug-likeness (QED) is 0.0297. The summed E-state index contributed by atoms with van der Waals surface area (Å²) < 4.78 is 66.8. The van der Waals surface area contributed by atoms with Gasteiger partial charge in [-0.3, -0.25) is 28.8 Å². The van der Waals surface area contributed by atoms with Crippen LogP contribution >= 0.6 is 22.7 Å². The number of nitrogens with one attached hydrogen (secondary N) is 6. The third-order valence-electron chi connectivity index (χ3n) is 12.1. The molecule has 2 aromatic carbocycles. The Kier molecular flexibility index (Phi) is 21.9. The van der Waals surface area contributed by atoms with E-state index in [1.165, 1.54) is 22.7 Å². The summed E-state index contributed by atoms with van der Waals surface area (Å²) in [6.07, 6.45) is -3.80. The number of aliphatic carboxylic acids is 2. The van der Waals surface area contributed by atoms with Gasteiger partial charge in [-0.15, -0.1) is 22.7 Å². The zero-order chi connectivity index (χ0) is 61.0. The molecule has 7 rings (SSSR count). The molecule has 0 radical (unpaired) electrons. The Morgan fingerprint density at radius 3 is 1.18 bits per heavy atom. The lowest BCUT2D eigenvalue weighted by Gasteiger charge is -2.21. The van der Waals surface area contributed by atoms with Crippen LogP contribution in [0, 0.1) is 13.8 Å². The van der Waals surface area contributed by atoms with Gasteiger partial charge in [-0.25, -0.2) is 9.59 Å². The van der Waals surface area contributed by atoms with Crippen LogP contribution in [0.3, 0.4) is 0 Å². The smallest absolute Gasteiger partial charge is 0.475 e. The molecule has 4 heterocycles. The van der Waals surface area contributed by atoms with Gasteiger partial charge in [0, 0.05) is 60.5 Å². The lowest BCUT2D eigenvalue weighted by Crippen LogP contribution is -2.28. The first-order valence-electron chi connectivity index (χ1n) is 24.8. The number of rotatable bonds is 18. The predicted molar refractivity (Wildman–Crippen MR) is 298 cm³/mol. The molecule has 0 spiro atoms.